The number of carbonyl (C=O) groups is 2. The van der Waals surface area contributed by atoms with E-state index in [9.17, 15) is 9.59 Å². The molecular formula is C21H24N4O3. The third-order valence-corrected chi connectivity index (χ3v) is 5.53. The van der Waals surface area contributed by atoms with Gasteiger partial charge in [-0.2, -0.15) is 0 Å². The maximum Gasteiger partial charge on any atom is 0.313 e. The average Bonchev–Trinajstić information content (AvgIpc) is 3.21. The van der Waals surface area contributed by atoms with Gasteiger partial charge < -0.3 is 20.7 Å². The fraction of sp³-hybridized carbons (Fsp3) is 0.381. The van der Waals surface area contributed by atoms with Crippen LogP contribution in [0.3, 0.4) is 0 Å². The molecule has 2 atom stereocenters. The second-order valence-corrected chi connectivity index (χ2v) is 7.53. The van der Waals surface area contributed by atoms with Crippen LogP contribution in [-0.4, -0.2) is 28.2 Å². The lowest BCUT2D eigenvalue weighted by molar-refractivity contribution is -0.146. The summed E-state index contributed by atoms with van der Waals surface area (Å²) in [6.07, 6.45) is 3.36. The maximum absolute atomic E-state index is 13.0. The molecule has 1 fully saturated rings. The van der Waals surface area contributed by atoms with E-state index < -0.39 is 11.8 Å². The molecule has 0 radical (unpaired) electrons. The van der Waals surface area contributed by atoms with E-state index in [-0.39, 0.29) is 6.04 Å². The van der Waals surface area contributed by atoms with Crippen LogP contribution in [0, 0.1) is 5.92 Å². The van der Waals surface area contributed by atoms with Crippen molar-refractivity contribution in [2.45, 2.75) is 39.0 Å². The van der Waals surface area contributed by atoms with Crippen LogP contribution >= 0.6 is 0 Å². The summed E-state index contributed by atoms with van der Waals surface area (Å²) >= 11 is 0. The lowest BCUT2D eigenvalue weighted by Crippen LogP contribution is -2.46. The molecule has 4 rings (SSSR count). The normalized spacial score (nSPS) is 21.2. The Labute approximate surface area is 163 Å². The SMILES string of the molecule is C[C@H]1CC[C@H](c2ccccc2)N(C(=O)C(=O)Nc2cnc(N)c3c2COC3)C1. The highest BCUT2D eigenvalue weighted by atomic mass is 16.5. The number of hydrogen-bond donors (Lipinski definition) is 2. The number of benzene rings is 1. The molecule has 2 amide bonds. The molecule has 1 aromatic carbocycles. The van der Waals surface area contributed by atoms with Crippen molar-refractivity contribution in [3.8, 4) is 0 Å². The number of likely N-dealkylation sites (tertiary alicyclic amines) is 1. The van der Waals surface area contributed by atoms with Gasteiger partial charge in [-0.15, -0.1) is 0 Å². The Morgan fingerprint density at radius 2 is 1.93 bits per heavy atom. The number of nitrogens with zero attached hydrogens (tertiary/aromatic N) is 2. The Bertz CT molecular complexity index is 900. The molecule has 0 spiro atoms. The molecule has 0 unspecified atom stereocenters. The van der Waals surface area contributed by atoms with Gasteiger partial charge in [-0.3, -0.25) is 9.59 Å². The highest BCUT2D eigenvalue weighted by Gasteiger charge is 2.34. The number of aromatic nitrogens is 1. The highest BCUT2D eigenvalue weighted by Crippen LogP contribution is 2.34. The predicted molar refractivity (Wildman–Crippen MR) is 105 cm³/mol. The zero-order valence-electron chi connectivity index (χ0n) is 15.9. The van der Waals surface area contributed by atoms with Gasteiger partial charge in [0, 0.05) is 17.7 Å². The van der Waals surface area contributed by atoms with Crippen molar-refractivity contribution in [3.63, 3.8) is 0 Å². The number of nitrogens with one attached hydrogen (secondary N) is 1. The predicted octanol–water partition coefficient (Wildman–Crippen LogP) is 2.63. The highest BCUT2D eigenvalue weighted by molar-refractivity contribution is 6.39. The molecule has 1 saturated heterocycles. The van der Waals surface area contributed by atoms with Crippen LogP contribution in [0.5, 0.6) is 0 Å². The molecule has 2 aliphatic heterocycles. The number of ether oxygens (including phenoxy) is 1. The van der Waals surface area contributed by atoms with Crippen molar-refractivity contribution < 1.29 is 14.3 Å². The summed E-state index contributed by atoms with van der Waals surface area (Å²) in [5, 5.41) is 2.73. The van der Waals surface area contributed by atoms with E-state index in [0.29, 0.717) is 37.2 Å². The minimum atomic E-state index is -0.657. The Morgan fingerprint density at radius 1 is 1.18 bits per heavy atom. The monoisotopic (exact) mass is 380 g/mol. The number of amides is 2. The number of pyridine rings is 1. The van der Waals surface area contributed by atoms with Crippen LogP contribution in [0.25, 0.3) is 0 Å². The smallest absolute Gasteiger partial charge is 0.313 e. The third-order valence-electron chi connectivity index (χ3n) is 5.53. The van der Waals surface area contributed by atoms with E-state index in [1.54, 1.807) is 4.90 Å². The average molecular weight is 380 g/mol. The molecule has 3 heterocycles. The first-order valence-electron chi connectivity index (χ1n) is 9.55. The van der Waals surface area contributed by atoms with Crippen molar-refractivity contribution in [1.82, 2.24) is 9.88 Å². The molecule has 7 heteroatoms. The van der Waals surface area contributed by atoms with Gasteiger partial charge in [0.25, 0.3) is 0 Å². The van der Waals surface area contributed by atoms with E-state index in [2.05, 4.69) is 17.2 Å². The van der Waals surface area contributed by atoms with Crippen molar-refractivity contribution in [2.24, 2.45) is 5.92 Å². The molecule has 2 aliphatic rings. The molecule has 146 valence electrons. The minimum absolute atomic E-state index is 0.0887. The Kier molecular flexibility index (Phi) is 5.00. The first kappa shape index (κ1) is 18.4. The summed E-state index contributed by atoms with van der Waals surface area (Å²) in [5.41, 5.74) is 8.98. The van der Waals surface area contributed by atoms with Gasteiger partial charge in [0.2, 0.25) is 0 Å². The van der Waals surface area contributed by atoms with Crippen LogP contribution in [0.4, 0.5) is 11.5 Å². The van der Waals surface area contributed by atoms with Crippen molar-refractivity contribution >= 4 is 23.3 Å². The molecule has 0 saturated carbocycles. The Balaban J connectivity index is 1.55. The summed E-state index contributed by atoms with van der Waals surface area (Å²) in [6.45, 7) is 3.38. The molecule has 1 aromatic heterocycles. The Morgan fingerprint density at radius 3 is 2.71 bits per heavy atom. The van der Waals surface area contributed by atoms with Gasteiger partial charge >= 0.3 is 11.8 Å². The summed E-state index contributed by atoms with van der Waals surface area (Å²) in [4.78, 5) is 31.6. The number of piperidine rings is 1. The fourth-order valence-electron chi connectivity index (χ4n) is 4.00. The maximum atomic E-state index is 13.0. The van der Waals surface area contributed by atoms with Gasteiger partial charge in [0.15, 0.2) is 0 Å². The van der Waals surface area contributed by atoms with E-state index >= 15 is 0 Å². The van der Waals surface area contributed by atoms with Crippen LogP contribution in [0.1, 0.15) is 42.5 Å². The van der Waals surface area contributed by atoms with E-state index in [1.807, 2.05) is 30.3 Å². The first-order chi connectivity index (χ1) is 13.5. The first-order valence-corrected chi connectivity index (χ1v) is 9.55. The van der Waals surface area contributed by atoms with Crippen LogP contribution in [0.15, 0.2) is 36.5 Å². The van der Waals surface area contributed by atoms with Crippen molar-refractivity contribution in [2.75, 3.05) is 17.6 Å². The lowest BCUT2D eigenvalue weighted by Gasteiger charge is -2.38. The summed E-state index contributed by atoms with van der Waals surface area (Å²) in [6, 6.07) is 9.79. The quantitative estimate of drug-likeness (QED) is 0.781. The summed E-state index contributed by atoms with van der Waals surface area (Å²) < 4.78 is 5.42. The molecule has 0 bridgehead atoms. The topological polar surface area (TPSA) is 97.6 Å². The van der Waals surface area contributed by atoms with Gasteiger partial charge in [0.05, 0.1) is 31.1 Å². The zero-order valence-corrected chi connectivity index (χ0v) is 15.9. The largest absolute Gasteiger partial charge is 0.383 e. The number of carbonyl (C=O) groups excluding carboxylic acids is 2. The molecule has 0 aliphatic carbocycles. The second-order valence-electron chi connectivity index (χ2n) is 7.53. The van der Waals surface area contributed by atoms with Crippen LogP contribution in [-0.2, 0) is 27.5 Å². The number of nitrogen functional groups attached to an aromatic ring is 1. The van der Waals surface area contributed by atoms with Crippen molar-refractivity contribution in [1.29, 1.82) is 0 Å². The second kappa shape index (κ2) is 7.59. The van der Waals surface area contributed by atoms with Crippen LogP contribution < -0.4 is 11.1 Å². The summed E-state index contributed by atoms with van der Waals surface area (Å²) in [5.74, 6) is -0.432. The fourth-order valence-corrected chi connectivity index (χ4v) is 4.00. The number of hydrogen-bond acceptors (Lipinski definition) is 5. The minimum Gasteiger partial charge on any atom is -0.383 e. The molecule has 28 heavy (non-hydrogen) atoms. The van der Waals surface area contributed by atoms with Gasteiger partial charge in [0.1, 0.15) is 5.82 Å². The van der Waals surface area contributed by atoms with Gasteiger partial charge in [-0.25, -0.2) is 4.98 Å². The third kappa shape index (κ3) is 3.45. The van der Waals surface area contributed by atoms with E-state index in [4.69, 9.17) is 10.5 Å². The van der Waals surface area contributed by atoms with Gasteiger partial charge in [-0.1, -0.05) is 37.3 Å². The molecule has 7 nitrogen and oxygen atoms in total. The van der Waals surface area contributed by atoms with Gasteiger partial charge in [-0.05, 0) is 24.3 Å². The number of fused-ring (bicyclic) bond motifs is 1. The molecule has 2 aromatic rings. The summed E-state index contributed by atoms with van der Waals surface area (Å²) in [7, 11) is 0. The number of anilines is 2. The van der Waals surface area contributed by atoms with Crippen LogP contribution in [0.2, 0.25) is 0 Å². The molecular weight excluding hydrogens is 356 g/mol. The van der Waals surface area contributed by atoms with Crippen molar-refractivity contribution in [3.05, 3.63) is 53.2 Å². The zero-order chi connectivity index (χ0) is 19.7. The number of rotatable bonds is 2. The lowest BCUT2D eigenvalue weighted by atomic mass is 9.90. The van der Waals surface area contributed by atoms with E-state index in [0.717, 1.165) is 29.5 Å². The Hall–Kier alpha value is -2.93. The molecule has 3 N–H and O–H groups in total. The standard InChI is InChI=1S/C21H24N4O3/c1-13-7-8-18(14-5-3-2-4-6-14)25(10-13)21(27)20(26)24-17-9-23-19(22)16-12-28-11-15(16)17/h2-6,9,13,18H,7-8,10-12H2,1H3,(H2,22,23)(H,24,26)/t13-,18+/m0/s1. The number of nitrogens with two attached hydrogens (primary N) is 1. The van der Waals surface area contributed by atoms with E-state index in [1.165, 1.54) is 6.20 Å².